The molecule has 0 unspecified atom stereocenters. The molecule has 0 heterocycles. The van der Waals surface area contributed by atoms with Gasteiger partial charge in [-0.05, 0) is 18.8 Å². The fourth-order valence-corrected chi connectivity index (χ4v) is 3.20. The van der Waals surface area contributed by atoms with Crippen LogP contribution in [0.15, 0.2) is 11.6 Å². The van der Waals surface area contributed by atoms with Crippen molar-refractivity contribution in [2.45, 2.75) is 38.7 Å². The first-order chi connectivity index (χ1) is 8.61. The predicted octanol–water partition coefficient (Wildman–Crippen LogP) is 2.20. The van der Waals surface area contributed by atoms with Gasteiger partial charge in [0, 0.05) is 18.9 Å². The van der Waals surface area contributed by atoms with E-state index < -0.39 is 0 Å². The molecule has 0 saturated heterocycles. The summed E-state index contributed by atoms with van der Waals surface area (Å²) < 4.78 is 10.7. The molecule has 98 valence electrons. The lowest BCUT2D eigenvalue weighted by atomic mass is 9.60. The third kappa shape index (κ3) is 2.21. The summed E-state index contributed by atoms with van der Waals surface area (Å²) in [4.78, 5) is 11.8. The lowest BCUT2D eigenvalue weighted by Gasteiger charge is -2.47. The van der Waals surface area contributed by atoms with Gasteiger partial charge in [-0.25, -0.2) is 0 Å². The molecule has 4 nitrogen and oxygen atoms in total. The first kappa shape index (κ1) is 13.3. The van der Waals surface area contributed by atoms with Crippen molar-refractivity contribution in [2.75, 3.05) is 13.9 Å². The second-order valence-electron chi connectivity index (χ2n) is 5.35. The number of methoxy groups -OCH3 is 1. The molecule has 0 aromatic heterocycles. The van der Waals surface area contributed by atoms with Gasteiger partial charge >= 0.3 is 0 Å². The first-order valence-corrected chi connectivity index (χ1v) is 6.38. The maximum absolute atomic E-state index is 11.8. The summed E-state index contributed by atoms with van der Waals surface area (Å²) in [6.07, 6.45) is 5.40. The smallest absolute Gasteiger partial charge is 0.173 e. The van der Waals surface area contributed by atoms with E-state index >= 15 is 0 Å². The molecule has 0 amide bonds. The monoisotopic (exact) mass is 249 g/mol. The zero-order chi connectivity index (χ0) is 13.2. The summed E-state index contributed by atoms with van der Waals surface area (Å²) >= 11 is 0. The van der Waals surface area contributed by atoms with Crippen LogP contribution in [0.4, 0.5) is 0 Å². The van der Waals surface area contributed by atoms with E-state index in [1.807, 2.05) is 12.1 Å². The highest BCUT2D eigenvalue weighted by Gasteiger charge is 2.47. The fourth-order valence-electron chi connectivity index (χ4n) is 3.20. The van der Waals surface area contributed by atoms with Gasteiger partial charge in [0.1, 0.15) is 12.9 Å². The minimum atomic E-state index is -0.213. The Morgan fingerprint density at radius 2 is 2.33 bits per heavy atom. The maximum atomic E-state index is 11.8. The summed E-state index contributed by atoms with van der Waals surface area (Å²) in [6.45, 7) is 2.36. The van der Waals surface area contributed by atoms with Crippen molar-refractivity contribution in [3.63, 3.8) is 0 Å². The SMILES string of the molecule is COCO[C@H]1CCC[C@H]2CC(=O)C(C#N)=C[C@@]21C. The normalized spacial score (nSPS) is 35.6. The molecule has 0 spiro atoms. The number of nitriles is 1. The van der Waals surface area contributed by atoms with E-state index in [0.29, 0.717) is 12.0 Å². The Labute approximate surface area is 108 Å². The number of hydrogen-bond donors (Lipinski definition) is 0. The van der Waals surface area contributed by atoms with E-state index in [0.717, 1.165) is 19.3 Å². The average Bonchev–Trinajstić information content (AvgIpc) is 2.36. The number of carbonyl (C=O) groups excluding carboxylic acids is 1. The van der Waals surface area contributed by atoms with Crippen LogP contribution in [0.25, 0.3) is 0 Å². The van der Waals surface area contributed by atoms with Crippen LogP contribution in [0.5, 0.6) is 0 Å². The average molecular weight is 249 g/mol. The molecule has 0 aromatic rings. The molecule has 3 atom stereocenters. The number of rotatable bonds is 3. The van der Waals surface area contributed by atoms with E-state index in [1.165, 1.54) is 0 Å². The Hall–Kier alpha value is -1.18. The van der Waals surface area contributed by atoms with Crippen molar-refractivity contribution in [1.29, 1.82) is 5.26 Å². The number of ether oxygens (including phenoxy) is 2. The van der Waals surface area contributed by atoms with E-state index in [9.17, 15) is 4.79 Å². The molecule has 0 aliphatic heterocycles. The molecule has 2 aliphatic rings. The number of allylic oxidation sites excluding steroid dienone is 1. The van der Waals surface area contributed by atoms with Gasteiger partial charge in [0.25, 0.3) is 0 Å². The lowest BCUT2D eigenvalue weighted by molar-refractivity contribution is -0.139. The predicted molar refractivity (Wildman–Crippen MR) is 65.5 cm³/mol. The molecule has 2 rings (SSSR count). The van der Waals surface area contributed by atoms with Crippen molar-refractivity contribution >= 4 is 5.78 Å². The van der Waals surface area contributed by atoms with Gasteiger partial charge in [0.2, 0.25) is 0 Å². The third-order valence-electron chi connectivity index (χ3n) is 4.29. The highest BCUT2D eigenvalue weighted by molar-refractivity contribution is 6.00. The minimum Gasteiger partial charge on any atom is -0.359 e. The highest BCUT2D eigenvalue weighted by atomic mass is 16.7. The zero-order valence-corrected chi connectivity index (χ0v) is 10.9. The topological polar surface area (TPSA) is 59.3 Å². The third-order valence-corrected chi connectivity index (χ3v) is 4.29. The Morgan fingerprint density at radius 1 is 1.56 bits per heavy atom. The molecule has 18 heavy (non-hydrogen) atoms. The van der Waals surface area contributed by atoms with Crippen LogP contribution < -0.4 is 0 Å². The van der Waals surface area contributed by atoms with Crippen LogP contribution >= 0.6 is 0 Å². The summed E-state index contributed by atoms with van der Waals surface area (Å²) in [5.41, 5.74) is 0.0807. The highest BCUT2D eigenvalue weighted by Crippen LogP contribution is 2.48. The van der Waals surface area contributed by atoms with E-state index in [4.69, 9.17) is 14.7 Å². The molecular formula is C14H19NO3. The quantitative estimate of drug-likeness (QED) is 0.719. The second-order valence-corrected chi connectivity index (χ2v) is 5.35. The van der Waals surface area contributed by atoms with Crippen LogP contribution in [0.3, 0.4) is 0 Å². The summed E-state index contributed by atoms with van der Waals surface area (Å²) in [5.74, 6) is 0.269. The number of hydrogen-bond acceptors (Lipinski definition) is 4. The van der Waals surface area contributed by atoms with Crippen molar-refractivity contribution in [2.24, 2.45) is 11.3 Å². The molecule has 0 radical (unpaired) electrons. The van der Waals surface area contributed by atoms with E-state index in [2.05, 4.69) is 6.92 Å². The molecule has 1 saturated carbocycles. The van der Waals surface area contributed by atoms with Gasteiger partial charge in [0.05, 0.1) is 11.7 Å². The van der Waals surface area contributed by atoms with Crippen molar-refractivity contribution < 1.29 is 14.3 Å². The minimum absolute atomic E-state index is 0.0210. The molecule has 1 fully saturated rings. The molecule has 4 heteroatoms. The fraction of sp³-hybridized carbons (Fsp3) is 0.714. The largest absolute Gasteiger partial charge is 0.359 e. The Balaban J connectivity index is 2.28. The second kappa shape index (κ2) is 5.21. The lowest BCUT2D eigenvalue weighted by Crippen LogP contribution is -2.46. The zero-order valence-electron chi connectivity index (χ0n) is 10.9. The van der Waals surface area contributed by atoms with Crippen molar-refractivity contribution in [3.05, 3.63) is 11.6 Å². The van der Waals surface area contributed by atoms with Crippen molar-refractivity contribution in [1.82, 2.24) is 0 Å². The molecule has 0 N–H and O–H groups in total. The van der Waals surface area contributed by atoms with Gasteiger partial charge < -0.3 is 9.47 Å². The van der Waals surface area contributed by atoms with Crippen molar-refractivity contribution in [3.8, 4) is 6.07 Å². The Kier molecular flexibility index (Phi) is 3.84. The van der Waals surface area contributed by atoms with Crippen LogP contribution in [0.1, 0.15) is 32.6 Å². The number of nitrogens with zero attached hydrogens (tertiary/aromatic N) is 1. The van der Waals surface area contributed by atoms with Gasteiger partial charge in [-0.1, -0.05) is 19.4 Å². The van der Waals surface area contributed by atoms with Crippen LogP contribution in [-0.2, 0) is 14.3 Å². The van der Waals surface area contributed by atoms with Crippen LogP contribution in [0, 0.1) is 22.7 Å². The maximum Gasteiger partial charge on any atom is 0.173 e. The summed E-state index contributed by atoms with van der Waals surface area (Å²) in [5, 5.41) is 9.02. The molecule has 0 bridgehead atoms. The number of carbonyl (C=O) groups is 1. The number of fused-ring (bicyclic) bond motifs is 1. The van der Waals surface area contributed by atoms with Gasteiger partial charge in [0.15, 0.2) is 5.78 Å². The number of ketones is 1. The Morgan fingerprint density at radius 3 is 3.00 bits per heavy atom. The van der Waals surface area contributed by atoms with Crippen LogP contribution in [0.2, 0.25) is 0 Å². The number of Topliss-reactive ketones (excluding diaryl/α,β-unsaturated/α-hetero) is 1. The first-order valence-electron chi connectivity index (χ1n) is 6.38. The van der Waals surface area contributed by atoms with E-state index in [-0.39, 0.29) is 30.0 Å². The molecule has 0 aromatic carbocycles. The van der Waals surface area contributed by atoms with Crippen LogP contribution in [-0.4, -0.2) is 25.8 Å². The van der Waals surface area contributed by atoms with Gasteiger partial charge in [-0.2, -0.15) is 5.26 Å². The van der Waals surface area contributed by atoms with Gasteiger partial charge in [-0.15, -0.1) is 0 Å². The van der Waals surface area contributed by atoms with E-state index in [1.54, 1.807) is 7.11 Å². The Bertz CT molecular complexity index is 410. The summed E-state index contributed by atoms with van der Waals surface area (Å²) in [7, 11) is 1.60. The molecule has 2 aliphatic carbocycles. The summed E-state index contributed by atoms with van der Waals surface area (Å²) in [6, 6.07) is 2.01. The van der Waals surface area contributed by atoms with Gasteiger partial charge in [-0.3, -0.25) is 4.79 Å². The molecular weight excluding hydrogens is 230 g/mol. The standard InChI is InChI=1S/C14H19NO3/c1-14-7-10(8-15)12(16)6-11(14)4-3-5-13(14)18-9-17-2/h7,11,13H,3-6,9H2,1-2H3/t11-,13-,14-/m0/s1.